The fourth-order valence-corrected chi connectivity index (χ4v) is 3.09. The molecule has 1 heterocycles. The number of benzene rings is 2. The quantitative estimate of drug-likeness (QED) is 0.347. The zero-order chi connectivity index (χ0) is 19.9. The summed E-state index contributed by atoms with van der Waals surface area (Å²) in [6.07, 6.45) is 5.37. The molecule has 0 saturated heterocycles. The molecule has 0 aliphatic rings. The summed E-state index contributed by atoms with van der Waals surface area (Å²) in [7, 11) is 1.61. The summed E-state index contributed by atoms with van der Waals surface area (Å²) in [4.78, 5) is 9.03. The molecule has 1 N–H and O–H groups in total. The fraction of sp³-hybridized carbons (Fsp3) is 0.0952. The van der Waals surface area contributed by atoms with Crippen LogP contribution < -0.4 is 10.1 Å². The van der Waals surface area contributed by atoms with Gasteiger partial charge in [0.05, 0.1) is 18.6 Å². The summed E-state index contributed by atoms with van der Waals surface area (Å²) < 4.78 is 5.18. The number of nitrogens with one attached hydrogen (secondary N) is 1. The first-order chi connectivity index (χ1) is 13.6. The van der Waals surface area contributed by atoms with Crippen molar-refractivity contribution in [1.29, 1.82) is 5.26 Å². The van der Waals surface area contributed by atoms with Crippen molar-refractivity contribution >= 4 is 34.9 Å². The van der Waals surface area contributed by atoms with E-state index in [0.717, 1.165) is 17.0 Å². The summed E-state index contributed by atoms with van der Waals surface area (Å²) in [5.41, 5.74) is 2.39. The highest BCUT2D eigenvalue weighted by molar-refractivity contribution is 7.99. The van der Waals surface area contributed by atoms with Crippen LogP contribution in [0.1, 0.15) is 5.56 Å². The number of ether oxygens (including phenoxy) is 1. The van der Waals surface area contributed by atoms with Crippen LogP contribution in [-0.2, 0) is 0 Å². The van der Waals surface area contributed by atoms with Gasteiger partial charge in [-0.3, -0.25) is 0 Å². The van der Waals surface area contributed by atoms with E-state index < -0.39 is 0 Å². The number of aromatic nitrogens is 2. The molecule has 1 aromatic heterocycles. The molecule has 0 bridgehead atoms. The van der Waals surface area contributed by atoms with E-state index in [2.05, 4.69) is 27.3 Å². The van der Waals surface area contributed by atoms with Crippen LogP contribution in [0.15, 0.2) is 53.7 Å². The van der Waals surface area contributed by atoms with Crippen molar-refractivity contribution in [1.82, 2.24) is 9.97 Å². The third-order valence-electron chi connectivity index (χ3n) is 3.76. The lowest BCUT2D eigenvalue weighted by Crippen LogP contribution is -2.03. The highest BCUT2D eigenvalue weighted by atomic mass is 35.5. The molecule has 138 valence electrons. The van der Waals surface area contributed by atoms with Crippen molar-refractivity contribution in [3.05, 3.63) is 59.1 Å². The number of nitriles is 1. The zero-order valence-corrected chi connectivity index (χ0v) is 16.5. The molecular formula is C21H15ClN4OS. The number of nitrogens with zero attached hydrogens (tertiary/aromatic N) is 3. The van der Waals surface area contributed by atoms with Gasteiger partial charge in [-0.25, -0.2) is 9.97 Å². The van der Waals surface area contributed by atoms with Crippen LogP contribution in [-0.4, -0.2) is 22.8 Å². The van der Waals surface area contributed by atoms with Gasteiger partial charge in [-0.1, -0.05) is 41.4 Å². The van der Waals surface area contributed by atoms with Crippen molar-refractivity contribution < 1.29 is 4.74 Å². The second-order valence-corrected chi connectivity index (χ2v) is 6.92. The largest absolute Gasteiger partial charge is 0.497 e. The van der Waals surface area contributed by atoms with E-state index in [4.69, 9.17) is 22.8 Å². The van der Waals surface area contributed by atoms with Gasteiger partial charge >= 0.3 is 0 Å². The van der Waals surface area contributed by atoms with Crippen LogP contribution in [0.25, 0.3) is 11.3 Å². The second-order valence-electron chi connectivity index (χ2n) is 5.54. The van der Waals surface area contributed by atoms with Gasteiger partial charge in [0.1, 0.15) is 17.4 Å². The molecule has 0 aliphatic carbocycles. The summed E-state index contributed by atoms with van der Waals surface area (Å²) in [6.45, 7) is 0. The predicted molar refractivity (Wildman–Crippen MR) is 113 cm³/mol. The van der Waals surface area contributed by atoms with E-state index in [1.165, 1.54) is 11.8 Å². The molecule has 3 rings (SSSR count). The first-order valence-corrected chi connectivity index (χ1v) is 9.56. The van der Waals surface area contributed by atoms with Crippen LogP contribution in [0.2, 0.25) is 5.02 Å². The SMILES string of the molecule is C#CCSc1nc(Nc2ccc(OC)cc2)c(C#N)c(-c2ccc(Cl)cc2)n1. The maximum Gasteiger partial charge on any atom is 0.191 e. The Morgan fingerprint density at radius 3 is 2.46 bits per heavy atom. The summed E-state index contributed by atoms with van der Waals surface area (Å²) in [5.74, 6) is 4.13. The first kappa shape index (κ1) is 19.6. The van der Waals surface area contributed by atoms with Gasteiger partial charge in [0.2, 0.25) is 0 Å². The van der Waals surface area contributed by atoms with Gasteiger partial charge in [-0.05, 0) is 36.4 Å². The highest BCUT2D eigenvalue weighted by Crippen LogP contribution is 2.31. The molecular weight excluding hydrogens is 392 g/mol. The van der Waals surface area contributed by atoms with Crippen LogP contribution in [0.4, 0.5) is 11.5 Å². The third-order valence-corrected chi connectivity index (χ3v) is 4.76. The Balaban J connectivity index is 2.08. The number of hydrogen-bond donors (Lipinski definition) is 1. The minimum absolute atomic E-state index is 0.336. The molecule has 0 aliphatic heterocycles. The molecule has 0 atom stereocenters. The molecule has 3 aromatic rings. The zero-order valence-electron chi connectivity index (χ0n) is 14.9. The van der Waals surface area contributed by atoms with Gasteiger partial charge < -0.3 is 10.1 Å². The molecule has 0 radical (unpaired) electrons. The second kappa shape index (κ2) is 9.14. The number of anilines is 2. The Morgan fingerprint density at radius 2 is 1.86 bits per heavy atom. The predicted octanol–water partition coefficient (Wildman–Crippen LogP) is 5.15. The van der Waals surface area contributed by atoms with Gasteiger partial charge in [-0.2, -0.15) is 5.26 Å². The highest BCUT2D eigenvalue weighted by Gasteiger charge is 2.17. The average Bonchev–Trinajstić information content (AvgIpc) is 2.73. The smallest absolute Gasteiger partial charge is 0.191 e. The van der Waals surface area contributed by atoms with Crippen molar-refractivity contribution in [3.8, 4) is 35.4 Å². The van der Waals surface area contributed by atoms with Crippen molar-refractivity contribution in [2.24, 2.45) is 0 Å². The Morgan fingerprint density at radius 1 is 1.14 bits per heavy atom. The van der Waals surface area contributed by atoms with Gasteiger partial charge in [0.15, 0.2) is 11.0 Å². The molecule has 2 aromatic carbocycles. The Bertz CT molecular complexity index is 1050. The Hall–Kier alpha value is -3.19. The molecule has 0 unspecified atom stereocenters. The minimum atomic E-state index is 0.336. The number of rotatable bonds is 6. The fourth-order valence-electron chi connectivity index (χ4n) is 2.44. The molecule has 0 amide bonds. The number of terminal acetylenes is 1. The van der Waals surface area contributed by atoms with E-state index in [-0.39, 0.29) is 0 Å². The van der Waals surface area contributed by atoms with E-state index in [9.17, 15) is 5.26 Å². The van der Waals surface area contributed by atoms with Crippen LogP contribution in [0.3, 0.4) is 0 Å². The summed E-state index contributed by atoms with van der Waals surface area (Å²) in [5, 5.41) is 14.1. The van der Waals surface area contributed by atoms with E-state index in [1.54, 1.807) is 19.2 Å². The first-order valence-electron chi connectivity index (χ1n) is 8.20. The van der Waals surface area contributed by atoms with Gasteiger partial charge in [0.25, 0.3) is 0 Å². The van der Waals surface area contributed by atoms with Crippen LogP contribution in [0.5, 0.6) is 5.75 Å². The molecule has 28 heavy (non-hydrogen) atoms. The van der Waals surface area contributed by atoms with Crippen LogP contribution >= 0.6 is 23.4 Å². The van der Waals surface area contributed by atoms with Crippen LogP contribution in [0, 0.1) is 23.7 Å². The maximum absolute atomic E-state index is 9.79. The van der Waals surface area contributed by atoms with Gasteiger partial charge in [0, 0.05) is 16.3 Å². The molecule has 0 spiro atoms. The van der Waals surface area contributed by atoms with E-state index in [0.29, 0.717) is 33.0 Å². The van der Waals surface area contributed by atoms with Crippen molar-refractivity contribution in [2.75, 3.05) is 18.2 Å². The third kappa shape index (κ3) is 4.55. The minimum Gasteiger partial charge on any atom is -0.497 e. The lowest BCUT2D eigenvalue weighted by Gasteiger charge is -2.13. The van der Waals surface area contributed by atoms with Gasteiger partial charge in [-0.15, -0.1) is 6.42 Å². The molecule has 0 saturated carbocycles. The number of hydrogen-bond acceptors (Lipinski definition) is 6. The normalized spacial score (nSPS) is 10.0. The molecule has 5 nitrogen and oxygen atoms in total. The average molecular weight is 407 g/mol. The van der Waals surface area contributed by atoms with E-state index >= 15 is 0 Å². The Labute approximate surface area is 172 Å². The van der Waals surface area contributed by atoms with E-state index in [1.807, 2.05) is 36.4 Å². The topological polar surface area (TPSA) is 70.8 Å². The summed E-state index contributed by atoms with van der Waals surface area (Å²) >= 11 is 7.32. The molecule has 0 fully saturated rings. The number of halogens is 1. The lowest BCUT2D eigenvalue weighted by molar-refractivity contribution is 0.415. The lowest BCUT2D eigenvalue weighted by atomic mass is 10.1. The van der Waals surface area contributed by atoms with Crippen molar-refractivity contribution in [3.63, 3.8) is 0 Å². The monoisotopic (exact) mass is 406 g/mol. The standard InChI is InChI=1S/C21H15ClN4OS/c1-3-12-28-21-25-19(14-4-6-15(22)7-5-14)18(13-23)20(26-21)24-16-8-10-17(27-2)11-9-16/h1,4-11H,12H2,2H3,(H,24,25,26). The number of methoxy groups -OCH3 is 1. The number of thioether (sulfide) groups is 1. The maximum atomic E-state index is 9.79. The molecule has 7 heteroatoms. The summed E-state index contributed by atoms with van der Waals surface area (Å²) in [6, 6.07) is 16.7. The van der Waals surface area contributed by atoms with Crippen molar-refractivity contribution in [2.45, 2.75) is 5.16 Å². The Kier molecular flexibility index (Phi) is 6.39.